The molecule has 3 unspecified atom stereocenters. The van der Waals surface area contributed by atoms with E-state index in [1.165, 1.54) is 0 Å². The highest BCUT2D eigenvalue weighted by Gasteiger charge is 2.51. The average molecular weight is 416 g/mol. The number of halogens is 2. The lowest BCUT2D eigenvalue weighted by molar-refractivity contribution is 0.257. The normalized spacial score (nSPS) is 40.4. The number of alkyl halides is 1. The van der Waals surface area contributed by atoms with Crippen molar-refractivity contribution >= 4 is 56.6 Å². The summed E-state index contributed by atoms with van der Waals surface area (Å²) in [7, 11) is -0.883. The van der Waals surface area contributed by atoms with Crippen molar-refractivity contribution in [1.29, 1.82) is 0 Å². The van der Waals surface area contributed by atoms with Crippen LogP contribution in [0.2, 0.25) is 0 Å². The number of aliphatic imine (C=N–C) groups is 2. The zero-order chi connectivity index (χ0) is 13.7. The molecule has 0 aromatic carbocycles. The van der Waals surface area contributed by atoms with Crippen molar-refractivity contribution in [2.75, 3.05) is 18.9 Å². The molecule has 5 nitrogen and oxygen atoms in total. The molecule has 2 aliphatic heterocycles. The summed E-state index contributed by atoms with van der Waals surface area (Å²) in [5.41, 5.74) is -0.304. The number of rotatable bonds is 3. The van der Waals surface area contributed by atoms with E-state index >= 15 is 0 Å². The van der Waals surface area contributed by atoms with Crippen LogP contribution in [0.3, 0.4) is 0 Å². The van der Waals surface area contributed by atoms with E-state index in [1.807, 2.05) is 0 Å². The van der Waals surface area contributed by atoms with Crippen LogP contribution in [0.25, 0.3) is 0 Å². The minimum atomic E-state index is -0.883. The van der Waals surface area contributed by atoms with Gasteiger partial charge < -0.3 is 10.0 Å². The highest BCUT2D eigenvalue weighted by molar-refractivity contribution is 14.1. The molecule has 1 aliphatic carbocycles. The van der Waals surface area contributed by atoms with Crippen molar-refractivity contribution in [2.24, 2.45) is 9.98 Å². The summed E-state index contributed by atoms with van der Waals surface area (Å²) in [5, 5.41) is 9.66. The number of aliphatic hydroxyl groups is 1. The zero-order valence-electron chi connectivity index (χ0n) is 10.3. The Morgan fingerprint density at radius 2 is 2.42 bits per heavy atom. The van der Waals surface area contributed by atoms with E-state index in [0.717, 1.165) is 19.3 Å². The summed E-state index contributed by atoms with van der Waals surface area (Å²) in [6.07, 6.45) is 4.30. The van der Waals surface area contributed by atoms with Gasteiger partial charge in [-0.15, -0.1) is 0 Å². The van der Waals surface area contributed by atoms with E-state index in [-0.39, 0.29) is 20.9 Å². The van der Waals surface area contributed by atoms with Gasteiger partial charge in [0.15, 0.2) is 5.29 Å². The number of fused-ring (bicyclic) bond motifs is 1. The fourth-order valence-corrected chi connectivity index (χ4v) is 5.58. The molecule has 3 atom stereocenters. The smallest absolute Gasteiger partial charge is 0.199 e. The maximum atomic E-state index is 12.1. The van der Waals surface area contributed by atoms with Gasteiger partial charge >= 0.3 is 0 Å². The minimum absolute atomic E-state index is 0.0406. The molecule has 1 N–H and O–H groups in total. The summed E-state index contributed by atoms with van der Waals surface area (Å²) in [6, 6.07) is 0.0406. The van der Waals surface area contributed by atoms with Gasteiger partial charge in [-0.05, 0) is 30.9 Å². The maximum Gasteiger partial charge on any atom is 0.199 e. The summed E-state index contributed by atoms with van der Waals surface area (Å²) < 4.78 is 11.8. The third kappa shape index (κ3) is 2.47. The van der Waals surface area contributed by atoms with Crippen LogP contribution in [-0.2, 0) is 10.8 Å². The first-order chi connectivity index (χ1) is 8.99. The molecule has 2 heterocycles. The molecule has 2 fully saturated rings. The van der Waals surface area contributed by atoms with E-state index in [0.29, 0.717) is 17.6 Å². The second-order valence-corrected chi connectivity index (χ2v) is 10.1. The van der Waals surface area contributed by atoms with Crippen molar-refractivity contribution in [2.45, 2.75) is 33.6 Å². The highest BCUT2D eigenvalue weighted by atomic mass is 127. The monoisotopic (exact) mass is 415 g/mol. The number of hydrogen-bond donors (Lipinski definition) is 1. The predicted octanol–water partition coefficient (Wildman–Crippen LogP) is 1.10. The zero-order valence-corrected chi connectivity index (χ0v) is 14.0. The Morgan fingerprint density at radius 3 is 3.05 bits per heavy atom. The molecule has 3 aliphatic rings. The van der Waals surface area contributed by atoms with Crippen LogP contribution in [-0.4, -0.2) is 59.1 Å². The Hall–Kier alpha value is 0.270. The van der Waals surface area contributed by atoms with Gasteiger partial charge in [0.05, 0.1) is 31.1 Å². The van der Waals surface area contributed by atoms with E-state index < -0.39 is 10.8 Å². The van der Waals surface area contributed by atoms with Gasteiger partial charge in [-0.25, -0.2) is 0 Å². The Bertz CT molecular complexity index is 483. The lowest BCUT2D eigenvalue weighted by Gasteiger charge is -2.35. The molecular formula is C11H15ClIN3O2S. The van der Waals surface area contributed by atoms with Crippen molar-refractivity contribution in [3.05, 3.63) is 0 Å². The molecule has 0 aromatic heterocycles. The topological polar surface area (TPSA) is 65.3 Å². The Kier molecular flexibility index (Phi) is 3.68. The molecule has 0 radical (unpaired) electrons. The van der Waals surface area contributed by atoms with Gasteiger partial charge in [-0.3, -0.25) is 14.2 Å². The van der Waals surface area contributed by atoms with Crippen molar-refractivity contribution in [3.63, 3.8) is 0 Å². The first-order valence-electron chi connectivity index (χ1n) is 6.23. The second-order valence-electron chi connectivity index (χ2n) is 5.29. The number of aliphatic hydroxyl groups excluding tert-OH is 1. The van der Waals surface area contributed by atoms with Crippen molar-refractivity contribution in [3.8, 4) is 0 Å². The summed E-state index contributed by atoms with van der Waals surface area (Å²) in [5.74, 6) is 0.687. The molecule has 3 rings (SSSR count). The molecule has 1 saturated heterocycles. The Balaban J connectivity index is 1.80. The van der Waals surface area contributed by atoms with E-state index in [1.54, 1.807) is 11.2 Å². The van der Waals surface area contributed by atoms with Crippen LogP contribution in [0, 0.1) is 0 Å². The van der Waals surface area contributed by atoms with Gasteiger partial charge in [0.1, 0.15) is 2.75 Å². The fourth-order valence-electron chi connectivity index (χ4n) is 2.35. The average Bonchev–Trinajstić information content (AvgIpc) is 3.12. The molecule has 0 spiro atoms. The molecule has 19 heavy (non-hydrogen) atoms. The van der Waals surface area contributed by atoms with Gasteiger partial charge in [-0.2, -0.15) is 0 Å². The van der Waals surface area contributed by atoms with Crippen molar-refractivity contribution in [1.82, 2.24) is 4.90 Å². The van der Waals surface area contributed by atoms with Crippen LogP contribution in [0.4, 0.5) is 0 Å². The third-order valence-corrected chi connectivity index (χ3v) is 8.54. The minimum Gasteiger partial charge on any atom is -0.394 e. The predicted molar refractivity (Wildman–Crippen MR) is 85.7 cm³/mol. The number of nitrogens with zero attached hydrogens (tertiary/aromatic N) is 3. The van der Waals surface area contributed by atoms with E-state index in [4.69, 9.17) is 11.6 Å². The molecule has 1 saturated carbocycles. The SMILES string of the molecule is O=S1CCC2N=C(Cl)N(C=NC3(CO)CC3)CC21I. The lowest BCUT2D eigenvalue weighted by atomic mass is 10.1. The fraction of sp³-hybridized carbons (Fsp3) is 0.818. The lowest BCUT2D eigenvalue weighted by Crippen LogP contribution is -2.50. The molecular weight excluding hydrogens is 401 g/mol. The third-order valence-electron chi connectivity index (χ3n) is 3.93. The van der Waals surface area contributed by atoms with Crippen LogP contribution >= 0.6 is 34.2 Å². The summed E-state index contributed by atoms with van der Waals surface area (Å²) in [6.45, 7) is 0.633. The summed E-state index contributed by atoms with van der Waals surface area (Å²) in [4.78, 5) is 10.6. The van der Waals surface area contributed by atoms with Crippen molar-refractivity contribution < 1.29 is 9.32 Å². The van der Waals surface area contributed by atoms with Gasteiger partial charge in [0.2, 0.25) is 0 Å². The van der Waals surface area contributed by atoms with Gasteiger partial charge in [0.25, 0.3) is 0 Å². The van der Waals surface area contributed by atoms with E-state index in [9.17, 15) is 9.32 Å². The number of amidine groups is 1. The first-order valence-corrected chi connectivity index (χ1v) is 9.00. The quantitative estimate of drug-likeness (QED) is 0.247. The first kappa shape index (κ1) is 14.2. The highest BCUT2D eigenvalue weighted by Crippen LogP contribution is 2.42. The molecule has 8 heteroatoms. The maximum absolute atomic E-state index is 12.1. The standard InChI is InChI=1S/C11H15ClIN3O2S/c12-9-15-8-1-4-19(18)11(8,13)5-16(9)7-14-10(6-17)2-3-10/h7-8,17H,1-6H2. The molecule has 0 amide bonds. The van der Waals surface area contributed by atoms with Crippen LogP contribution in [0.5, 0.6) is 0 Å². The van der Waals surface area contributed by atoms with Crippen LogP contribution < -0.4 is 0 Å². The molecule has 106 valence electrons. The Morgan fingerprint density at radius 1 is 1.68 bits per heavy atom. The second kappa shape index (κ2) is 4.92. The molecule has 0 aromatic rings. The Labute approximate surface area is 133 Å². The van der Waals surface area contributed by atoms with Crippen LogP contribution in [0.1, 0.15) is 19.3 Å². The number of hydrogen-bond acceptors (Lipinski definition) is 4. The summed E-state index contributed by atoms with van der Waals surface area (Å²) >= 11 is 8.43. The van der Waals surface area contributed by atoms with E-state index in [2.05, 4.69) is 32.6 Å². The largest absolute Gasteiger partial charge is 0.394 e. The van der Waals surface area contributed by atoms with Gasteiger partial charge in [0, 0.05) is 16.6 Å². The van der Waals surface area contributed by atoms with Crippen LogP contribution in [0.15, 0.2) is 9.98 Å². The van der Waals surface area contributed by atoms with Gasteiger partial charge in [-0.1, -0.05) is 22.6 Å². The molecule has 0 bridgehead atoms.